The highest BCUT2D eigenvalue weighted by molar-refractivity contribution is 5.93. The Hall–Kier alpha value is -2.38. The zero-order chi connectivity index (χ0) is 16.3. The third-order valence-electron chi connectivity index (χ3n) is 3.77. The number of hydrogen-bond acceptors (Lipinski definition) is 4. The van der Waals surface area contributed by atoms with Gasteiger partial charge in [0, 0.05) is 32.8 Å². The van der Waals surface area contributed by atoms with Gasteiger partial charge in [0.15, 0.2) is 0 Å². The molecule has 1 aromatic heterocycles. The molecule has 3 N–H and O–H groups in total. The van der Waals surface area contributed by atoms with Gasteiger partial charge < -0.3 is 16.0 Å². The molecule has 0 radical (unpaired) electrons. The van der Waals surface area contributed by atoms with Crippen LogP contribution >= 0.6 is 0 Å². The molecule has 2 rings (SSSR count). The maximum Gasteiger partial charge on any atom is 0.272 e. The van der Waals surface area contributed by atoms with E-state index in [9.17, 15) is 14.4 Å². The monoisotopic (exact) mass is 307 g/mol. The average molecular weight is 307 g/mol. The number of nitrogens with two attached hydrogens (primary N) is 1. The van der Waals surface area contributed by atoms with E-state index >= 15 is 0 Å². The summed E-state index contributed by atoms with van der Waals surface area (Å²) in [5, 5.41) is 6.93. The molecule has 1 aliphatic heterocycles. The standard InChI is InChI=1S/C14H21N5O3/c1-3-5-19-6-4-11(17-19)14(22)16-12-8-18(9(2)20)7-10(12)13(15)21/h4,6,10,12H,3,5,7-8H2,1-2H3,(H2,15,21)(H,16,22)/t10-,12+/m1/s1. The first-order valence-corrected chi connectivity index (χ1v) is 7.31. The topological polar surface area (TPSA) is 110 Å². The lowest BCUT2D eigenvalue weighted by molar-refractivity contribution is -0.128. The number of nitrogens with zero attached hydrogens (tertiary/aromatic N) is 3. The van der Waals surface area contributed by atoms with Crippen LogP contribution in [0.4, 0.5) is 0 Å². The Labute approximate surface area is 128 Å². The van der Waals surface area contributed by atoms with Crippen LogP contribution in [0, 0.1) is 5.92 Å². The Kier molecular flexibility index (Phi) is 4.79. The Morgan fingerprint density at radius 3 is 2.73 bits per heavy atom. The first-order chi connectivity index (χ1) is 10.4. The summed E-state index contributed by atoms with van der Waals surface area (Å²) >= 11 is 0. The number of amides is 3. The largest absolute Gasteiger partial charge is 0.369 e. The van der Waals surface area contributed by atoms with Gasteiger partial charge in [-0.3, -0.25) is 19.1 Å². The molecule has 0 saturated carbocycles. The maximum atomic E-state index is 12.2. The van der Waals surface area contributed by atoms with Crippen molar-refractivity contribution in [1.29, 1.82) is 0 Å². The van der Waals surface area contributed by atoms with Gasteiger partial charge >= 0.3 is 0 Å². The van der Waals surface area contributed by atoms with Crippen LogP contribution in [0.1, 0.15) is 30.8 Å². The van der Waals surface area contributed by atoms with Crippen LogP contribution in [-0.4, -0.2) is 51.5 Å². The third kappa shape index (κ3) is 3.44. The number of carbonyl (C=O) groups excluding carboxylic acids is 3. The van der Waals surface area contributed by atoms with Crippen LogP contribution in [-0.2, 0) is 16.1 Å². The summed E-state index contributed by atoms with van der Waals surface area (Å²) in [4.78, 5) is 36.7. The van der Waals surface area contributed by atoms with E-state index in [1.54, 1.807) is 16.9 Å². The van der Waals surface area contributed by atoms with Gasteiger partial charge in [-0.05, 0) is 12.5 Å². The number of primary amides is 1. The minimum atomic E-state index is -0.578. The Bertz CT molecular complexity index is 583. The smallest absolute Gasteiger partial charge is 0.272 e. The molecule has 1 fully saturated rings. The number of aromatic nitrogens is 2. The number of aryl methyl sites for hydroxylation is 1. The van der Waals surface area contributed by atoms with Crippen LogP contribution in [0.5, 0.6) is 0 Å². The molecule has 3 amide bonds. The number of rotatable bonds is 5. The van der Waals surface area contributed by atoms with Gasteiger partial charge in [-0.25, -0.2) is 0 Å². The van der Waals surface area contributed by atoms with Crippen LogP contribution in [0.25, 0.3) is 0 Å². The van der Waals surface area contributed by atoms with Crippen molar-refractivity contribution in [2.75, 3.05) is 13.1 Å². The minimum absolute atomic E-state index is 0.143. The van der Waals surface area contributed by atoms with Crippen molar-refractivity contribution in [3.63, 3.8) is 0 Å². The SMILES string of the molecule is CCCn1ccc(C(=O)N[C@H]2CN(C(C)=O)C[C@H]2C(N)=O)n1. The summed E-state index contributed by atoms with van der Waals surface area (Å²) in [6.45, 7) is 4.70. The van der Waals surface area contributed by atoms with Gasteiger partial charge in [0.1, 0.15) is 5.69 Å². The summed E-state index contributed by atoms with van der Waals surface area (Å²) < 4.78 is 1.69. The van der Waals surface area contributed by atoms with E-state index in [1.165, 1.54) is 11.8 Å². The normalized spacial score (nSPS) is 20.9. The third-order valence-corrected chi connectivity index (χ3v) is 3.77. The highest BCUT2D eigenvalue weighted by atomic mass is 16.2. The fourth-order valence-corrected chi connectivity index (χ4v) is 2.57. The van der Waals surface area contributed by atoms with Crippen molar-refractivity contribution in [2.45, 2.75) is 32.9 Å². The molecule has 120 valence electrons. The van der Waals surface area contributed by atoms with E-state index in [0.717, 1.165) is 13.0 Å². The second kappa shape index (κ2) is 6.59. The van der Waals surface area contributed by atoms with E-state index in [2.05, 4.69) is 10.4 Å². The maximum absolute atomic E-state index is 12.2. The van der Waals surface area contributed by atoms with E-state index in [0.29, 0.717) is 0 Å². The molecule has 0 unspecified atom stereocenters. The number of likely N-dealkylation sites (tertiary alicyclic amines) is 1. The van der Waals surface area contributed by atoms with Crippen molar-refractivity contribution in [3.8, 4) is 0 Å². The average Bonchev–Trinajstić information content (AvgIpc) is 3.06. The number of hydrogen-bond donors (Lipinski definition) is 2. The van der Waals surface area contributed by atoms with Crippen molar-refractivity contribution >= 4 is 17.7 Å². The quantitative estimate of drug-likeness (QED) is 0.753. The Morgan fingerprint density at radius 2 is 2.14 bits per heavy atom. The summed E-state index contributed by atoms with van der Waals surface area (Å²) in [5.74, 6) is -1.61. The molecule has 1 aliphatic rings. The molecule has 2 atom stereocenters. The summed E-state index contributed by atoms with van der Waals surface area (Å²) in [6.07, 6.45) is 2.66. The summed E-state index contributed by atoms with van der Waals surface area (Å²) in [7, 11) is 0. The minimum Gasteiger partial charge on any atom is -0.369 e. The van der Waals surface area contributed by atoms with E-state index in [-0.39, 0.29) is 30.6 Å². The molecule has 0 bridgehead atoms. The van der Waals surface area contributed by atoms with Gasteiger partial charge in [0.2, 0.25) is 11.8 Å². The molecular weight excluding hydrogens is 286 g/mol. The Balaban J connectivity index is 2.05. The van der Waals surface area contributed by atoms with E-state index in [4.69, 9.17) is 5.73 Å². The summed E-state index contributed by atoms with van der Waals surface area (Å²) in [5.41, 5.74) is 5.65. The fourth-order valence-electron chi connectivity index (χ4n) is 2.57. The predicted molar refractivity (Wildman–Crippen MR) is 78.7 cm³/mol. The highest BCUT2D eigenvalue weighted by Gasteiger charge is 2.38. The second-order valence-corrected chi connectivity index (χ2v) is 5.48. The van der Waals surface area contributed by atoms with Gasteiger partial charge in [0.25, 0.3) is 5.91 Å². The van der Waals surface area contributed by atoms with E-state index in [1.807, 2.05) is 6.92 Å². The first kappa shape index (κ1) is 16.0. The number of carbonyl (C=O) groups is 3. The zero-order valence-corrected chi connectivity index (χ0v) is 12.8. The Morgan fingerprint density at radius 1 is 1.41 bits per heavy atom. The van der Waals surface area contributed by atoms with Gasteiger partial charge in [-0.15, -0.1) is 0 Å². The molecule has 0 spiro atoms. The predicted octanol–water partition coefficient (Wildman–Crippen LogP) is -0.645. The van der Waals surface area contributed by atoms with Crippen molar-refractivity contribution in [2.24, 2.45) is 11.7 Å². The fraction of sp³-hybridized carbons (Fsp3) is 0.571. The molecule has 22 heavy (non-hydrogen) atoms. The van der Waals surface area contributed by atoms with Crippen LogP contribution < -0.4 is 11.1 Å². The van der Waals surface area contributed by atoms with Crippen LogP contribution in [0.2, 0.25) is 0 Å². The summed E-state index contributed by atoms with van der Waals surface area (Å²) in [6, 6.07) is 1.15. The lowest BCUT2D eigenvalue weighted by Crippen LogP contribution is -2.45. The molecule has 2 heterocycles. The molecule has 8 nitrogen and oxygen atoms in total. The molecule has 0 aliphatic carbocycles. The van der Waals surface area contributed by atoms with Crippen LogP contribution in [0.3, 0.4) is 0 Å². The lowest BCUT2D eigenvalue weighted by Gasteiger charge is -2.16. The first-order valence-electron chi connectivity index (χ1n) is 7.31. The molecular formula is C14H21N5O3. The van der Waals surface area contributed by atoms with E-state index < -0.39 is 17.9 Å². The van der Waals surface area contributed by atoms with Crippen molar-refractivity contribution < 1.29 is 14.4 Å². The van der Waals surface area contributed by atoms with Gasteiger partial charge in [-0.2, -0.15) is 5.10 Å². The zero-order valence-electron chi connectivity index (χ0n) is 12.8. The van der Waals surface area contributed by atoms with Crippen molar-refractivity contribution in [1.82, 2.24) is 20.0 Å². The lowest BCUT2D eigenvalue weighted by atomic mass is 10.0. The van der Waals surface area contributed by atoms with Crippen LogP contribution in [0.15, 0.2) is 12.3 Å². The highest BCUT2D eigenvalue weighted by Crippen LogP contribution is 2.17. The van der Waals surface area contributed by atoms with Gasteiger partial charge in [-0.1, -0.05) is 6.92 Å². The van der Waals surface area contributed by atoms with Crippen molar-refractivity contribution in [3.05, 3.63) is 18.0 Å². The van der Waals surface area contributed by atoms with Gasteiger partial charge in [0.05, 0.1) is 12.0 Å². The molecule has 1 saturated heterocycles. The second-order valence-electron chi connectivity index (χ2n) is 5.48. The number of nitrogens with one attached hydrogen (secondary N) is 1. The molecule has 8 heteroatoms. The molecule has 0 aromatic carbocycles. The molecule has 1 aromatic rings.